The lowest BCUT2D eigenvalue weighted by Crippen LogP contribution is -2.35. The molecule has 0 saturated carbocycles. The molecule has 0 bridgehead atoms. The first-order valence-electron chi connectivity index (χ1n) is 22.6. The van der Waals surface area contributed by atoms with Crippen LogP contribution in [0, 0.1) is 0 Å². The molecule has 9 nitrogen and oxygen atoms in total. The molecule has 7 atom stereocenters. The van der Waals surface area contributed by atoms with Crippen LogP contribution in [0.2, 0.25) is 77.1 Å². The molecule has 1 N–H and O–H groups in total. The van der Waals surface area contributed by atoms with Crippen LogP contribution in [-0.4, -0.2) is 119 Å². The van der Waals surface area contributed by atoms with Gasteiger partial charge in [-0.25, -0.2) is 0 Å². The van der Waals surface area contributed by atoms with Gasteiger partial charge < -0.3 is 43.0 Å². The SMILES string of the molecule is CCCC[C@@H](CCCCC[C@@H](OCOCC[Si](C)(C)C)[C@H]1CC[C@H]([C@H]2CC[C@H]([C@@H](CCCCCO)OCOCC[Si](C)(C)C)O2)O1)OCOCC[Si](C)(C)C. The highest BCUT2D eigenvalue weighted by atomic mass is 28.3. The van der Waals surface area contributed by atoms with E-state index in [-0.39, 0.29) is 49.3 Å². The number of hydrogen-bond donors (Lipinski definition) is 1. The van der Waals surface area contributed by atoms with Gasteiger partial charge in [-0.1, -0.05) is 111 Å². The van der Waals surface area contributed by atoms with E-state index in [1.807, 2.05) is 0 Å². The van der Waals surface area contributed by atoms with Gasteiger partial charge >= 0.3 is 0 Å². The van der Waals surface area contributed by atoms with Gasteiger partial charge in [0.1, 0.15) is 20.4 Å². The number of hydrogen-bond acceptors (Lipinski definition) is 9. The standard InChI is InChI=1S/C43H90O9Si3/c1-11-12-19-37(48-34-45-28-31-53(2,3)4)20-15-13-16-21-38(49-35-46-29-32-54(5,6)7)40-23-25-42(51-40)43-26-24-41(52-43)39(22-17-14-18-27-44)50-36-47-30-33-55(8,9)10/h37-44H,11-36H2,1-10H3/t37-,38+,39+,40+,41+,42+,43+/m0/s1. The zero-order valence-corrected chi connectivity index (χ0v) is 40.6. The molecule has 0 aromatic heterocycles. The molecule has 0 aliphatic carbocycles. The summed E-state index contributed by atoms with van der Waals surface area (Å²) >= 11 is 0. The monoisotopic (exact) mass is 835 g/mol. The molecule has 2 fully saturated rings. The van der Waals surface area contributed by atoms with E-state index in [1.54, 1.807) is 0 Å². The van der Waals surface area contributed by atoms with Gasteiger partial charge in [-0.05, 0) is 75.9 Å². The molecule has 2 aliphatic rings. The van der Waals surface area contributed by atoms with E-state index in [0.717, 1.165) is 122 Å². The molecule has 0 unspecified atom stereocenters. The molecule has 0 aromatic carbocycles. The smallest absolute Gasteiger partial charge is 0.147 e. The Labute approximate surface area is 342 Å². The van der Waals surface area contributed by atoms with Crippen molar-refractivity contribution in [2.45, 2.75) is 229 Å². The molecule has 0 radical (unpaired) electrons. The van der Waals surface area contributed by atoms with Gasteiger partial charge in [0.2, 0.25) is 0 Å². The fourth-order valence-electron chi connectivity index (χ4n) is 7.22. The van der Waals surface area contributed by atoms with Crippen molar-refractivity contribution in [2.24, 2.45) is 0 Å². The van der Waals surface area contributed by atoms with Crippen LogP contribution in [0.5, 0.6) is 0 Å². The van der Waals surface area contributed by atoms with Crippen LogP contribution in [0.3, 0.4) is 0 Å². The highest BCUT2D eigenvalue weighted by molar-refractivity contribution is 6.76. The molecular formula is C43H90O9Si3. The lowest BCUT2D eigenvalue weighted by molar-refractivity contribution is -0.162. The lowest BCUT2D eigenvalue weighted by Gasteiger charge is -2.28. The number of aliphatic hydroxyl groups excluding tert-OH is 1. The van der Waals surface area contributed by atoms with E-state index in [9.17, 15) is 5.11 Å². The molecule has 328 valence electrons. The summed E-state index contributed by atoms with van der Waals surface area (Å²) in [5.41, 5.74) is 0. The lowest BCUT2D eigenvalue weighted by atomic mass is 10.00. The maximum absolute atomic E-state index is 9.29. The van der Waals surface area contributed by atoms with Crippen molar-refractivity contribution in [3.8, 4) is 0 Å². The van der Waals surface area contributed by atoms with E-state index in [2.05, 4.69) is 65.8 Å². The average molecular weight is 835 g/mol. The molecule has 0 spiro atoms. The van der Waals surface area contributed by atoms with Crippen LogP contribution in [-0.2, 0) is 37.9 Å². The second kappa shape index (κ2) is 28.7. The molecular weight excluding hydrogens is 745 g/mol. The van der Waals surface area contributed by atoms with Crippen molar-refractivity contribution in [3.63, 3.8) is 0 Å². The Balaban J connectivity index is 1.89. The third-order valence-corrected chi connectivity index (χ3v) is 16.2. The molecule has 2 saturated heterocycles. The Morgan fingerprint density at radius 2 is 0.909 bits per heavy atom. The van der Waals surface area contributed by atoms with Crippen LogP contribution in [0.4, 0.5) is 0 Å². The van der Waals surface area contributed by atoms with Gasteiger partial charge in [0, 0.05) is 50.6 Å². The van der Waals surface area contributed by atoms with E-state index < -0.39 is 24.2 Å². The van der Waals surface area contributed by atoms with E-state index >= 15 is 0 Å². The highest BCUT2D eigenvalue weighted by Gasteiger charge is 2.42. The van der Waals surface area contributed by atoms with Gasteiger partial charge in [0.25, 0.3) is 0 Å². The van der Waals surface area contributed by atoms with Crippen LogP contribution in [0.1, 0.15) is 110 Å². The zero-order valence-electron chi connectivity index (χ0n) is 37.6. The number of aliphatic hydroxyl groups is 1. The maximum Gasteiger partial charge on any atom is 0.147 e. The quantitative estimate of drug-likeness (QED) is 0.0380. The molecule has 0 aromatic rings. The van der Waals surface area contributed by atoms with Gasteiger partial charge in [-0.3, -0.25) is 0 Å². The van der Waals surface area contributed by atoms with Crippen LogP contribution >= 0.6 is 0 Å². The van der Waals surface area contributed by atoms with Crippen molar-refractivity contribution >= 4 is 24.2 Å². The number of rotatable bonds is 35. The van der Waals surface area contributed by atoms with E-state index in [1.165, 1.54) is 18.9 Å². The normalized spacial score (nSPS) is 22.7. The second-order valence-corrected chi connectivity index (χ2v) is 37.0. The van der Waals surface area contributed by atoms with Crippen LogP contribution < -0.4 is 0 Å². The first kappa shape index (κ1) is 51.4. The number of unbranched alkanes of at least 4 members (excludes halogenated alkanes) is 5. The molecule has 2 aliphatic heterocycles. The summed E-state index contributed by atoms with van der Waals surface area (Å²) in [7, 11) is -3.39. The molecule has 12 heteroatoms. The summed E-state index contributed by atoms with van der Waals surface area (Å²) in [5, 5.41) is 9.29. The minimum atomic E-state index is -1.16. The highest BCUT2D eigenvalue weighted by Crippen LogP contribution is 2.36. The second-order valence-electron chi connectivity index (χ2n) is 20.1. The van der Waals surface area contributed by atoms with Crippen LogP contribution in [0.25, 0.3) is 0 Å². The topological polar surface area (TPSA) is 94.1 Å². The summed E-state index contributed by atoms with van der Waals surface area (Å²) in [4.78, 5) is 0. The predicted molar refractivity (Wildman–Crippen MR) is 235 cm³/mol. The number of ether oxygens (including phenoxy) is 8. The fraction of sp³-hybridized carbons (Fsp3) is 1.00. The van der Waals surface area contributed by atoms with Crippen molar-refractivity contribution in [1.82, 2.24) is 0 Å². The van der Waals surface area contributed by atoms with Gasteiger partial charge in [0.15, 0.2) is 0 Å². The molecule has 0 amide bonds. The Bertz CT molecular complexity index is 927. The van der Waals surface area contributed by atoms with Gasteiger partial charge in [-0.15, -0.1) is 0 Å². The van der Waals surface area contributed by atoms with Crippen molar-refractivity contribution < 1.29 is 43.0 Å². The average Bonchev–Trinajstić information content (AvgIpc) is 3.79. The minimum Gasteiger partial charge on any atom is -0.396 e. The third-order valence-electron chi connectivity index (χ3n) is 11.1. The summed E-state index contributed by atoms with van der Waals surface area (Å²) in [5.74, 6) is 0. The minimum absolute atomic E-state index is 0.00614. The first-order chi connectivity index (χ1) is 26.1. The van der Waals surface area contributed by atoms with Crippen molar-refractivity contribution in [1.29, 1.82) is 0 Å². The first-order valence-corrected chi connectivity index (χ1v) is 33.7. The van der Waals surface area contributed by atoms with E-state index in [4.69, 9.17) is 37.9 Å². The largest absolute Gasteiger partial charge is 0.396 e. The Morgan fingerprint density at radius 3 is 1.33 bits per heavy atom. The Hall–Kier alpha value is 0.291. The zero-order chi connectivity index (χ0) is 40.6. The summed E-state index contributed by atoms with van der Waals surface area (Å²) in [6.07, 6.45) is 17.3. The van der Waals surface area contributed by atoms with Crippen molar-refractivity contribution in [2.75, 3.05) is 46.8 Å². The molecule has 2 heterocycles. The van der Waals surface area contributed by atoms with E-state index in [0.29, 0.717) is 20.4 Å². The molecule has 55 heavy (non-hydrogen) atoms. The predicted octanol–water partition coefficient (Wildman–Crippen LogP) is 10.9. The van der Waals surface area contributed by atoms with Gasteiger partial charge in [-0.2, -0.15) is 0 Å². The molecule has 2 rings (SSSR count). The fourth-order valence-corrected chi connectivity index (χ4v) is 9.49. The Morgan fingerprint density at radius 1 is 0.509 bits per heavy atom. The third kappa shape index (κ3) is 26.2. The van der Waals surface area contributed by atoms with Crippen molar-refractivity contribution in [3.05, 3.63) is 0 Å². The summed E-state index contributed by atoms with van der Waals surface area (Å²) in [6, 6.07) is 3.46. The summed E-state index contributed by atoms with van der Waals surface area (Å²) < 4.78 is 50.4. The summed E-state index contributed by atoms with van der Waals surface area (Å²) in [6.45, 7) is 27.3. The maximum atomic E-state index is 9.29. The van der Waals surface area contributed by atoms with Gasteiger partial charge in [0.05, 0.1) is 42.7 Å². The Kier molecular flexibility index (Phi) is 26.8. The van der Waals surface area contributed by atoms with Crippen LogP contribution in [0.15, 0.2) is 0 Å².